The average Bonchev–Trinajstić information content (AvgIpc) is 3.63. The van der Waals surface area contributed by atoms with Crippen LogP contribution in [0.2, 0.25) is 5.21 Å². The van der Waals surface area contributed by atoms with Crippen LogP contribution >= 0.6 is 0 Å². The van der Waals surface area contributed by atoms with Crippen molar-refractivity contribution in [2.24, 2.45) is 5.92 Å². The molecular weight excluding hydrogens is 554 g/mol. The van der Waals surface area contributed by atoms with E-state index in [1.54, 1.807) is 12.3 Å². The summed E-state index contributed by atoms with van der Waals surface area (Å²) in [4.78, 5) is 17.8. The number of amides is 1. The molecule has 1 radical (unpaired) electrons. The number of pyridine rings is 1. The Labute approximate surface area is 224 Å². The molecule has 0 spiro atoms. The fourth-order valence-corrected chi connectivity index (χ4v) is 7.36. The minimum absolute atomic E-state index is 0.0752. The number of carbonyl (C=O) groups excluding carboxylic acids is 1. The van der Waals surface area contributed by atoms with Crippen molar-refractivity contribution in [3.63, 3.8) is 0 Å². The van der Waals surface area contributed by atoms with Gasteiger partial charge in [0.05, 0.1) is 0 Å². The standard InChI is InChI=1S/C28H22AsF3N5O/c30-28(31,32)25-15-24(37(36-25)22-8-3-5-19(13-22)17-33)27(38)35-21-7-4-6-20(14-21)26(29-16-18-10-11-18)23-9-1-2-12-34-23/h1-9,12-15,18,26H,10-11,16H2,(H,35,38). The number of hydrogen-bond acceptors (Lipinski definition) is 4. The molecule has 0 saturated heterocycles. The van der Waals surface area contributed by atoms with Crippen LogP contribution in [0.15, 0.2) is 79.0 Å². The fourth-order valence-electron chi connectivity index (χ4n) is 4.03. The molecule has 1 aliphatic rings. The van der Waals surface area contributed by atoms with Gasteiger partial charge in [0.2, 0.25) is 0 Å². The maximum atomic E-state index is 13.5. The molecule has 2 aromatic carbocycles. The fraction of sp³-hybridized carbons (Fsp3) is 0.214. The molecule has 0 aliphatic heterocycles. The molecule has 2 heterocycles. The maximum absolute atomic E-state index is 13.5. The topological polar surface area (TPSA) is 83.6 Å². The Balaban J connectivity index is 1.45. The monoisotopic (exact) mass is 576 g/mol. The first-order chi connectivity index (χ1) is 18.3. The van der Waals surface area contributed by atoms with E-state index in [1.807, 2.05) is 42.5 Å². The number of alkyl halides is 3. The number of anilines is 1. The van der Waals surface area contributed by atoms with Crippen LogP contribution < -0.4 is 5.32 Å². The van der Waals surface area contributed by atoms with E-state index in [-0.39, 0.29) is 37.4 Å². The van der Waals surface area contributed by atoms with E-state index in [0.29, 0.717) is 5.69 Å². The number of nitriles is 1. The Morgan fingerprint density at radius 3 is 2.63 bits per heavy atom. The first-order valence-corrected chi connectivity index (χ1v) is 14.4. The third kappa shape index (κ3) is 5.98. The van der Waals surface area contributed by atoms with E-state index in [4.69, 9.17) is 0 Å². The van der Waals surface area contributed by atoms with Gasteiger partial charge in [0.1, 0.15) is 0 Å². The van der Waals surface area contributed by atoms with Crippen molar-refractivity contribution in [3.05, 3.63) is 107 Å². The Kier molecular flexibility index (Phi) is 7.35. The van der Waals surface area contributed by atoms with Gasteiger partial charge in [-0.3, -0.25) is 0 Å². The zero-order valence-corrected chi connectivity index (χ0v) is 21.9. The normalized spacial score (nSPS) is 14.4. The van der Waals surface area contributed by atoms with Gasteiger partial charge < -0.3 is 0 Å². The second-order valence-corrected chi connectivity index (χ2v) is 11.6. The summed E-state index contributed by atoms with van der Waals surface area (Å²) in [6.07, 6.45) is -0.433. The predicted molar refractivity (Wildman–Crippen MR) is 137 cm³/mol. The number of nitrogens with one attached hydrogen (secondary N) is 1. The van der Waals surface area contributed by atoms with Gasteiger partial charge in [0.25, 0.3) is 0 Å². The Morgan fingerprint density at radius 1 is 1.11 bits per heavy atom. The van der Waals surface area contributed by atoms with Gasteiger partial charge in [0.15, 0.2) is 0 Å². The second kappa shape index (κ2) is 10.8. The van der Waals surface area contributed by atoms with Gasteiger partial charge in [-0.2, -0.15) is 5.26 Å². The van der Waals surface area contributed by atoms with Crippen LogP contribution in [0.3, 0.4) is 0 Å². The first kappa shape index (κ1) is 25.7. The van der Waals surface area contributed by atoms with Crippen molar-refractivity contribution in [1.29, 1.82) is 5.26 Å². The number of halogens is 3. The number of hydrogen-bond donors (Lipinski definition) is 1. The molecule has 38 heavy (non-hydrogen) atoms. The van der Waals surface area contributed by atoms with Crippen LogP contribution in [-0.2, 0) is 6.18 Å². The third-order valence-corrected chi connectivity index (χ3v) is 9.60. The summed E-state index contributed by atoms with van der Waals surface area (Å²) in [6.45, 7) is 0. The van der Waals surface area contributed by atoms with E-state index in [1.165, 1.54) is 42.3 Å². The molecule has 5 rings (SSSR count). The van der Waals surface area contributed by atoms with Crippen LogP contribution in [0, 0.1) is 17.2 Å². The van der Waals surface area contributed by atoms with E-state index in [0.717, 1.165) is 27.9 Å². The minimum atomic E-state index is -4.74. The molecular formula is C28H22AsF3N5O. The van der Waals surface area contributed by atoms with E-state index >= 15 is 0 Å². The van der Waals surface area contributed by atoms with Crippen LogP contribution in [0.1, 0.15) is 50.6 Å². The van der Waals surface area contributed by atoms with Gasteiger partial charge in [-0.1, -0.05) is 0 Å². The van der Waals surface area contributed by atoms with Crippen LogP contribution in [0.4, 0.5) is 18.9 Å². The van der Waals surface area contributed by atoms with Gasteiger partial charge in [-0.15, -0.1) is 0 Å². The van der Waals surface area contributed by atoms with Crippen LogP contribution in [-0.4, -0.2) is 36.4 Å². The summed E-state index contributed by atoms with van der Waals surface area (Å²) in [5.74, 6) is 0.0416. The molecule has 4 aromatic rings. The molecule has 1 aliphatic carbocycles. The summed E-state index contributed by atoms with van der Waals surface area (Å²) in [5, 5.41) is 16.8. The molecule has 10 heteroatoms. The molecule has 191 valence electrons. The molecule has 1 fully saturated rings. The predicted octanol–water partition coefficient (Wildman–Crippen LogP) is 6.03. The summed E-state index contributed by atoms with van der Waals surface area (Å²) >= 11 is -0.0752. The third-order valence-electron chi connectivity index (χ3n) is 6.12. The van der Waals surface area contributed by atoms with E-state index in [2.05, 4.69) is 15.4 Å². The average molecular weight is 576 g/mol. The number of benzene rings is 2. The number of carbonyl (C=O) groups is 1. The van der Waals surface area contributed by atoms with Gasteiger partial charge in [-0.05, 0) is 0 Å². The molecule has 1 saturated carbocycles. The van der Waals surface area contributed by atoms with E-state index in [9.17, 15) is 23.2 Å². The van der Waals surface area contributed by atoms with Gasteiger partial charge in [0, 0.05) is 0 Å². The Hall–Kier alpha value is -3.89. The summed E-state index contributed by atoms with van der Waals surface area (Å²) in [5.41, 5.74) is 1.37. The Morgan fingerprint density at radius 2 is 1.92 bits per heavy atom. The molecule has 1 unspecified atom stereocenters. The van der Waals surface area contributed by atoms with Crippen LogP contribution in [0.25, 0.3) is 5.69 Å². The van der Waals surface area contributed by atoms with Crippen molar-refractivity contribution < 1.29 is 18.0 Å². The molecule has 1 amide bonds. The molecule has 1 N–H and O–H groups in total. The van der Waals surface area contributed by atoms with Gasteiger partial charge >= 0.3 is 219 Å². The zero-order valence-electron chi connectivity index (χ0n) is 20.1. The van der Waals surface area contributed by atoms with Crippen molar-refractivity contribution in [2.45, 2.75) is 28.9 Å². The Bertz CT molecular complexity index is 1490. The SMILES string of the molecule is N#Cc1cccc(-n2nc(C(F)(F)F)cc2C(=O)Nc2cccc(C([As]CC3CC3)c3ccccn3)c2)c1. The van der Waals surface area contributed by atoms with E-state index < -0.39 is 17.8 Å². The second-order valence-electron chi connectivity index (χ2n) is 9.03. The summed E-state index contributed by atoms with van der Waals surface area (Å²) in [7, 11) is 0. The number of nitrogens with zero attached hydrogens (tertiary/aromatic N) is 4. The quantitative estimate of drug-likeness (QED) is 0.260. The van der Waals surface area contributed by atoms with Crippen molar-refractivity contribution in [1.82, 2.24) is 14.8 Å². The van der Waals surface area contributed by atoms with Crippen molar-refractivity contribution in [3.8, 4) is 11.8 Å². The van der Waals surface area contributed by atoms with Crippen LogP contribution in [0.5, 0.6) is 0 Å². The summed E-state index contributed by atoms with van der Waals surface area (Å²) < 4.78 is 41.6. The summed E-state index contributed by atoms with van der Waals surface area (Å²) in [6, 6.07) is 21.8. The van der Waals surface area contributed by atoms with Crippen molar-refractivity contribution >= 4 is 27.3 Å². The molecule has 1 atom stereocenters. The molecule has 6 nitrogen and oxygen atoms in total. The molecule has 2 aromatic heterocycles. The number of aromatic nitrogens is 3. The van der Waals surface area contributed by atoms with Gasteiger partial charge in [-0.25, -0.2) is 0 Å². The molecule has 0 bridgehead atoms. The first-order valence-electron chi connectivity index (χ1n) is 12.0. The number of rotatable bonds is 8. The van der Waals surface area contributed by atoms with Crippen molar-refractivity contribution in [2.75, 3.05) is 5.32 Å². The zero-order chi connectivity index (χ0) is 26.7.